The van der Waals surface area contributed by atoms with Gasteiger partial charge in [-0.05, 0) is 81.9 Å². The first kappa shape index (κ1) is 19.8. The average Bonchev–Trinajstić information content (AvgIpc) is 3.14. The summed E-state index contributed by atoms with van der Waals surface area (Å²) in [6.45, 7) is 6.12. The highest BCUT2D eigenvalue weighted by atomic mass is 15.1. The number of hydrogen-bond acceptors (Lipinski definition) is 0. The minimum absolute atomic E-state index is 0.856. The zero-order valence-corrected chi connectivity index (χ0v) is 19.1. The van der Waals surface area contributed by atoms with E-state index >= 15 is 0 Å². The van der Waals surface area contributed by atoms with Crippen molar-refractivity contribution in [1.29, 1.82) is 0 Å². The first-order valence-corrected chi connectivity index (χ1v) is 11.6. The van der Waals surface area contributed by atoms with Crippen LogP contribution in [0.1, 0.15) is 22.3 Å². The van der Waals surface area contributed by atoms with Crippen LogP contribution in [0.3, 0.4) is 0 Å². The molecule has 5 aromatic carbocycles. The third-order valence-corrected chi connectivity index (χ3v) is 6.82. The fourth-order valence-corrected chi connectivity index (χ4v) is 4.86. The van der Waals surface area contributed by atoms with Crippen molar-refractivity contribution < 1.29 is 4.57 Å². The minimum Gasteiger partial charge on any atom is -0.226 e. The van der Waals surface area contributed by atoms with Crippen LogP contribution in [0, 0.1) is 13.8 Å². The van der Waals surface area contributed by atoms with Crippen molar-refractivity contribution in [2.75, 3.05) is 0 Å². The van der Waals surface area contributed by atoms with E-state index in [4.69, 9.17) is 0 Å². The monoisotopic (exact) mass is 427 g/mol. The van der Waals surface area contributed by atoms with Crippen LogP contribution in [0.4, 0.5) is 0 Å². The summed E-state index contributed by atoms with van der Waals surface area (Å²) in [6, 6.07) is 35.4. The van der Waals surface area contributed by atoms with Gasteiger partial charge in [-0.1, -0.05) is 72.8 Å². The molecule has 0 bridgehead atoms. The number of hydrogen-bond donors (Lipinski definition) is 0. The molecule has 160 valence electrons. The topological polar surface area (TPSA) is 8.81 Å². The summed E-state index contributed by atoms with van der Waals surface area (Å²) in [5, 5.41) is 5.16. The SMILES string of the molecule is Cc1cc2c(cc1C)[n+](Cc1ccc3ccccc3c1)cn2Cc1ccc2ccccc2c1. The Morgan fingerprint density at radius 2 is 1.18 bits per heavy atom. The van der Waals surface area contributed by atoms with Crippen LogP contribution in [0.15, 0.2) is 103 Å². The number of aromatic nitrogens is 2. The summed E-state index contributed by atoms with van der Waals surface area (Å²) in [5.74, 6) is 0. The summed E-state index contributed by atoms with van der Waals surface area (Å²) in [6.07, 6.45) is 2.29. The fourth-order valence-electron chi connectivity index (χ4n) is 4.86. The Balaban J connectivity index is 1.43. The highest BCUT2D eigenvalue weighted by molar-refractivity contribution is 5.84. The van der Waals surface area contributed by atoms with E-state index in [1.807, 2.05) is 0 Å². The van der Waals surface area contributed by atoms with Crippen LogP contribution in [-0.2, 0) is 13.1 Å². The Hall–Kier alpha value is -3.91. The molecule has 2 nitrogen and oxygen atoms in total. The molecule has 1 aromatic heterocycles. The van der Waals surface area contributed by atoms with Crippen molar-refractivity contribution in [3.05, 3.63) is 126 Å². The van der Waals surface area contributed by atoms with Crippen molar-refractivity contribution in [3.63, 3.8) is 0 Å². The number of benzene rings is 5. The second kappa shape index (κ2) is 7.90. The molecule has 0 spiro atoms. The van der Waals surface area contributed by atoms with E-state index in [1.54, 1.807) is 0 Å². The number of nitrogens with zero attached hydrogens (tertiary/aromatic N) is 2. The lowest BCUT2D eigenvalue weighted by atomic mass is 10.1. The molecular formula is C31H27N2+. The molecule has 33 heavy (non-hydrogen) atoms. The van der Waals surface area contributed by atoms with Crippen LogP contribution < -0.4 is 4.57 Å². The Labute approximate surface area is 194 Å². The van der Waals surface area contributed by atoms with E-state index in [0.29, 0.717) is 0 Å². The van der Waals surface area contributed by atoms with E-state index in [0.717, 1.165) is 13.1 Å². The van der Waals surface area contributed by atoms with Gasteiger partial charge in [-0.3, -0.25) is 0 Å². The summed E-state index contributed by atoms with van der Waals surface area (Å²) >= 11 is 0. The van der Waals surface area contributed by atoms with Crippen LogP contribution in [0.5, 0.6) is 0 Å². The minimum atomic E-state index is 0.856. The third kappa shape index (κ3) is 3.68. The van der Waals surface area contributed by atoms with Crippen LogP contribution in [0.25, 0.3) is 32.6 Å². The Bertz CT molecular complexity index is 1520. The second-order valence-electron chi connectivity index (χ2n) is 9.16. The maximum Gasteiger partial charge on any atom is 0.245 e. The van der Waals surface area contributed by atoms with Crippen molar-refractivity contribution >= 4 is 32.6 Å². The van der Waals surface area contributed by atoms with Gasteiger partial charge in [-0.15, -0.1) is 0 Å². The van der Waals surface area contributed by atoms with Gasteiger partial charge in [0.05, 0.1) is 0 Å². The lowest BCUT2D eigenvalue weighted by molar-refractivity contribution is -0.663. The zero-order chi connectivity index (χ0) is 22.4. The van der Waals surface area contributed by atoms with Gasteiger partial charge in [-0.2, -0.15) is 0 Å². The van der Waals surface area contributed by atoms with Crippen molar-refractivity contribution in [1.82, 2.24) is 4.57 Å². The van der Waals surface area contributed by atoms with E-state index in [1.165, 1.54) is 54.8 Å². The van der Waals surface area contributed by atoms with Gasteiger partial charge in [0.2, 0.25) is 6.33 Å². The maximum absolute atomic E-state index is 2.40. The molecule has 0 amide bonds. The molecule has 0 unspecified atom stereocenters. The largest absolute Gasteiger partial charge is 0.245 e. The molecule has 0 N–H and O–H groups in total. The zero-order valence-electron chi connectivity index (χ0n) is 19.1. The fraction of sp³-hybridized carbons (Fsp3) is 0.129. The van der Waals surface area contributed by atoms with Gasteiger partial charge in [0.15, 0.2) is 11.0 Å². The normalized spacial score (nSPS) is 11.6. The predicted molar refractivity (Wildman–Crippen MR) is 138 cm³/mol. The molecule has 0 saturated carbocycles. The van der Waals surface area contributed by atoms with Gasteiger partial charge in [0.25, 0.3) is 0 Å². The van der Waals surface area contributed by atoms with Crippen molar-refractivity contribution in [2.24, 2.45) is 0 Å². The molecular weight excluding hydrogens is 400 g/mol. The second-order valence-corrected chi connectivity index (χ2v) is 9.16. The predicted octanol–water partition coefficient (Wildman–Crippen LogP) is 6.95. The van der Waals surface area contributed by atoms with E-state index in [-0.39, 0.29) is 0 Å². The van der Waals surface area contributed by atoms with Crippen LogP contribution in [0.2, 0.25) is 0 Å². The van der Waals surface area contributed by atoms with Crippen LogP contribution in [-0.4, -0.2) is 4.57 Å². The number of aryl methyl sites for hydroxylation is 2. The summed E-state index contributed by atoms with van der Waals surface area (Å²) in [7, 11) is 0. The van der Waals surface area contributed by atoms with E-state index in [9.17, 15) is 0 Å². The Morgan fingerprint density at radius 1 is 0.606 bits per heavy atom. The Morgan fingerprint density at radius 3 is 1.88 bits per heavy atom. The molecule has 0 radical (unpaired) electrons. The van der Waals surface area contributed by atoms with Crippen molar-refractivity contribution in [3.8, 4) is 0 Å². The smallest absolute Gasteiger partial charge is 0.226 e. The lowest BCUT2D eigenvalue weighted by Crippen LogP contribution is -2.33. The molecule has 0 saturated heterocycles. The van der Waals surface area contributed by atoms with Crippen LogP contribution >= 0.6 is 0 Å². The quantitative estimate of drug-likeness (QED) is 0.269. The summed E-state index contributed by atoms with van der Waals surface area (Å²) in [5.41, 5.74) is 7.87. The number of rotatable bonds is 4. The first-order valence-electron chi connectivity index (χ1n) is 11.6. The number of imidazole rings is 1. The summed E-state index contributed by atoms with van der Waals surface area (Å²) < 4.78 is 4.79. The molecule has 0 fully saturated rings. The molecule has 0 aliphatic heterocycles. The van der Waals surface area contributed by atoms with E-state index in [2.05, 4.69) is 126 Å². The summed E-state index contributed by atoms with van der Waals surface area (Å²) in [4.78, 5) is 0. The number of fused-ring (bicyclic) bond motifs is 3. The van der Waals surface area contributed by atoms with E-state index < -0.39 is 0 Å². The van der Waals surface area contributed by atoms with Gasteiger partial charge < -0.3 is 0 Å². The molecule has 2 heteroatoms. The molecule has 0 aliphatic rings. The van der Waals surface area contributed by atoms with Crippen molar-refractivity contribution in [2.45, 2.75) is 26.9 Å². The maximum atomic E-state index is 2.40. The third-order valence-electron chi connectivity index (χ3n) is 6.82. The Kier molecular flexibility index (Phi) is 4.73. The molecule has 0 atom stereocenters. The standard InChI is InChI=1S/C31H27N2/c1-22-15-30-31(16-23(22)2)33(20-25-12-14-27-8-4-6-10-29(27)18-25)21-32(30)19-24-11-13-26-7-3-5-9-28(26)17-24/h3-18,21H,19-20H2,1-2H3/q+1. The molecule has 1 heterocycles. The molecule has 0 aliphatic carbocycles. The first-order chi connectivity index (χ1) is 16.1. The average molecular weight is 428 g/mol. The van der Waals surface area contributed by atoms with Gasteiger partial charge in [0, 0.05) is 0 Å². The molecule has 6 aromatic rings. The highest BCUT2D eigenvalue weighted by Gasteiger charge is 2.18. The van der Waals surface area contributed by atoms with Gasteiger partial charge in [-0.25, -0.2) is 9.13 Å². The molecule has 6 rings (SSSR count). The van der Waals surface area contributed by atoms with Gasteiger partial charge >= 0.3 is 0 Å². The lowest BCUT2D eigenvalue weighted by Gasteiger charge is -2.03. The highest BCUT2D eigenvalue weighted by Crippen LogP contribution is 2.22. The van der Waals surface area contributed by atoms with Gasteiger partial charge in [0.1, 0.15) is 13.1 Å².